The highest BCUT2D eigenvalue weighted by atomic mass is 16.6. The number of rotatable bonds is 9. The van der Waals surface area contributed by atoms with Crippen LogP contribution >= 0.6 is 0 Å². The summed E-state index contributed by atoms with van der Waals surface area (Å²) in [7, 11) is 0. The van der Waals surface area contributed by atoms with E-state index in [0.717, 1.165) is 11.1 Å². The van der Waals surface area contributed by atoms with Gasteiger partial charge in [0.1, 0.15) is 5.75 Å². The number of nitrogens with zero attached hydrogens (tertiary/aromatic N) is 1. The standard InChI is InChI=1S/C19H22N2O5/c1-14(2)25-12-16-7-4-3-6-15(16)11-20-19(22)13-26-18-9-5-8-17(10-18)21(23)24/h3-10,14H,11-13H2,1-2H3,(H,20,22). The van der Waals surface area contributed by atoms with Gasteiger partial charge in [0.15, 0.2) is 6.61 Å². The zero-order valence-corrected chi connectivity index (χ0v) is 14.8. The highest BCUT2D eigenvalue weighted by molar-refractivity contribution is 5.77. The Bertz CT molecular complexity index is 761. The number of non-ortho nitro benzene ring substituents is 1. The molecule has 0 aromatic heterocycles. The number of carbonyl (C=O) groups excluding carboxylic acids is 1. The Labute approximate surface area is 152 Å². The van der Waals surface area contributed by atoms with Crippen LogP contribution in [0.3, 0.4) is 0 Å². The van der Waals surface area contributed by atoms with Crippen molar-refractivity contribution >= 4 is 11.6 Å². The molecular weight excluding hydrogens is 336 g/mol. The quantitative estimate of drug-likeness (QED) is 0.549. The first-order valence-electron chi connectivity index (χ1n) is 8.28. The van der Waals surface area contributed by atoms with E-state index >= 15 is 0 Å². The Hall–Kier alpha value is -2.93. The van der Waals surface area contributed by atoms with Gasteiger partial charge in [-0.2, -0.15) is 0 Å². The fourth-order valence-corrected chi connectivity index (χ4v) is 2.21. The van der Waals surface area contributed by atoms with Gasteiger partial charge >= 0.3 is 0 Å². The predicted molar refractivity (Wildman–Crippen MR) is 96.8 cm³/mol. The maximum absolute atomic E-state index is 12.0. The van der Waals surface area contributed by atoms with Crippen LogP contribution in [0.4, 0.5) is 5.69 Å². The van der Waals surface area contributed by atoms with E-state index in [-0.39, 0.29) is 30.1 Å². The van der Waals surface area contributed by atoms with Crippen LogP contribution in [-0.4, -0.2) is 23.5 Å². The molecule has 0 fully saturated rings. The van der Waals surface area contributed by atoms with E-state index in [4.69, 9.17) is 9.47 Å². The first-order chi connectivity index (χ1) is 12.5. The molecule has 26 heavy (non-hydrogen) atoms. The molecule has 7 heteroatoms. The van der Waals surface area contributed by atoms with Crippen molar-refractivity contribution in [1.29, 1.82) is 0 Å². The molecule has 0 atom stereocenters. The van der Waals surface area contributed by atoms with Crippen molar-refractivity contribution in [3.05, 3.63) is 69.8 Å². The number of hydrogen-bond donors (Lipinski definition) is 1. The lowest BCUT2D eigenvalue weighted by Gasteiger charge is -2.13. The van der Waals surface area contributed by atoms with Crippen LogP contribution in [0.2, 0.25) is 0 Å². The highest BCUT2D eigenvalue weighted by Crippen LogP contribution is 2.19. The molecule has 0 aliphatic rings. The SMILES string of the molecule is CC(C)OCc1ccccc1CNC(=O)COc1cccc([N+](=O)[O-])c1. The smallest absolute Gasteiger partial charge is 0.273 e. The van der Waals surface area contributed by atoms with E-state index in [9.17, 15) is 14.9 Å². The molecule has 2 aromatic carbocycles. The average molecular weight is 358 g/mol. The number of carbonyl (C=O) groups is 1. The summed E-state index contributed by atoms with van der Waals surface area (Å²) in [6.07, 6.45) is 0.126. The van der Waals surface area contributed by atoms with Gasteiger partial charge < -0.3 is 14.8 Å². The summed E-state index contributed by atoms with van der Waals surface area (Å²) in [5, 5.41) is 13.5. The first kappa shape index (κ1) is 19.4. The largest absolute Gasteiger partial charge is 0.484 e. The molecule has 1 amide bonds. The number of nitrogens with one attached hydrogen (secondary N) is 1. The number of benzene rings is 2. The normalized spacial score (nSPS) is 10.6. The summed E-state index contributed by atoms with van der Waals surface area (Å²) in [6, 6.07) is 13.4. The van der Waals surface area contributed by atoms with Crippen molar-refractivity contribution < 1.29 is 19.2 Å². The predicted octanol–water partition coefficient (Wildman–Crippen LogP) is 3.22. The second kappa shape index (κ2) is 9.53. The van der Waals surface area contributed by atoms with E-state index in [1.807, 2.05) is 38.1 Å². The van der Waals surface area contributed by atoms with Crippen LogP contribution in [0, 0.1) is 10.1 Å². The minimum Gasteiger partial charge on any atom is -0.484 e. The van der Waals surface area contributed by atoms with Gasteiger partial charge in [-0.1, -0.05) is 30.3 Å². The Balaban J connectivity index is 1.85. The minimum atomic E-state index is -0.511. The zero-order chi connectivity index (χ0) is 18.9. The lowest BCUT2D eigenvalue weighted by Crippen LogP contribution is -2.28. The monoisotopic (exact) mass is 358 g/mol. The topological polar surface area (TPSA) is 90.7 Å². The van der Waals surface area contributed by atoms with Crippen LogP contribution in [0.15, 0.2) is 48.5 Å². The molecule has 0 aliphatic heterocycles. The number of hydrogen-bond acceptors (Lipinski definition) is 5. The van der Waals surface area contributed by atoms with Gasteiger partial charge in [-0.3, -0.25) is 14.9 Å². The average Bonchev–Trinajstić information content (AvgIpc) is 2.63. The van der Waals surface area contributed by atoms with E-state index in [1.165, 1.54) is 18.2 Å². The number of nitro groups is 1. The number of amides is 1. The Morgan fingerprint density at radius 3 is 2.58 bits per heavy atom. The van der Waals surface area contributed by atoms with Gasteiger partial charge in [0.05, 0.1) is 23.7 Å². The van der Waals surface area contributed by atoms with Gasteiger partial charge in [-0.05, 0) is 31.0 Å². The molecule has 0 saturated carbocycles. The molecule has 0 radical (unpaired) electrons. The lowest BCUT2D eigenvalue weighted by molar-refractivity contribution is -0.384. The third-order valence-electron chi connectivity index (χ3n) is 3.56. The van der Waals surface area contributed by atoms with Gasteiger partial charge in [0.25, 0.3) is 11.6 Å². The van der Waals surface area contributed by atoms with Crippen molar-refractivity contribution in [2.24, 2.45) is 0 Å². The number of ether oxygens (including phenoxy) is 2. The second-order valence-electron chi connectivity index (χ2n) is 5.95. The highest BCUT2D eigenvalue weighted by Gasteiger charge is 2.09. The van der Waals surface area contributed by atoms with Crippen LogP contribution in [0.1, 0.15) is 25.0 Å². The molecular formula is C19H22N2O5. The Morgan fingerprint density at radius 1 is 1.15 bits per heavy atom. The Morgan fingerprint density at radius 2 is 1.88 bits per heavy atom. The summed E-state index contributed by atoms with van der Waals surface area (Å²) >= 11 is 0. The van der Waals surface area contributed by atoms with E-state index in [0.29, 0.717) is 13.2 Å². The van der Waals surface area contributed by atoms with Gasteiger partial charge in [0.2, 0.25) is 0 Å². The van der Waals surface area contributed by atoms with Crippen LogP contribution in [0.25, 0.3) is 0 Å². The molecule has 2 aromatic rings. The van der Waals surface area contributed by atoms with Gasteiger partial charge in [-0.15, -0.1) is 0 Å². The van der Waals surface area contributed by atoms with Gasteiger partial charge in [0, 0.05) is 12.6 Å². The third kappa shape index (κ3) is 6.18. The van der Waals surface area contributed by atoms with Crippen molar-refractivity contribution in [3.63, 3.8) is 0 Å². The first-order valence-corrected chi connectivity index (χ1v) is 8.28. The van der Waals surface area contributed by atoms with Crippen LogP contribution in [-0.2, 0) is 22.7 Å². The summed E-state index contributed by atoms with van der Waals surface area (Å²) in [5.74, 6) is -0.0313. The minimum absolute atomic E-state index is 0.0815. The molecule has 0 unspecified atom stereocenters. The Kier molecular flexibility index (Phi) is 7.11. The van der Waals surface area contributed by atoms with Crippen molar-refractivity contribution in [1.82, 2.24) is 5.32 Å². The summed E-state index contributed by atoms with van der Waals surface area (Å²) < 4.78 is 10.9. The molecule has 7 nitrogen and oxygen atoms in total. The summed E-state index contributed by atoms with van der Waals surface area (Å²) in [5.41, 5.74) is 1.90. The molecule has 0 bridgehead atoms. The van der Waals surface area contributed by atoms with E-state index in [2.05, 4.69) is 5.32 Å². The molecule has 138 valence electrons. The second-order valence-corrected chi connectivity index (χ2v) is 5.95. The van der Waals surface area contributed by atoms with Crippen molar-refractivity contribution in [2.45, 2.75) is 33.1 Å². The zero-order valence-electron chi connectivity index (χ0n) is 14.8. The van der Waals surface area contributed by atoms with Crippen molar-refractivity contribution in [3.8, 4) is 5.75 Å². The van der Waals surface area contributed by atoms with Gasteiger partial charge in [-0.25, -0.2) is 0 Å². The van der Waals surface area contributed by atoms with Crippen LogP contribution in [0.5, 0.6) is 5.75 Å². The third-order valence-corrected chi connectivity index (χ3v) is 3.56. The van der Waals surface area contributed by atoms with Crippen molar-refractivity contribution in [2.75, 3.05) is 6.61 Å². The molecule has 0 saturated heterocycles. The molecule has 0 heterocycles. The maximum atomic E-state index is 12.0. The summed E-state index contributed by atoms with van der Waals surface area (Å²) in [4.78, 5) is 22.2. The van der Waals surface area contributed by atoms with Crippen LogP contribution < -0.4 is 10.1 Å². The molecule has 0 spiro atoms. The van der Waals surface area contributed by atoms with E-state index < -0.39 is 4.92 Å². The summed E-state index contributed by atoms with van der Waals surface area (Å²) in [6.45, 7) is 4.56. The lowest BCUT2D eigenvalue weighted by atomic mass is 10.1. The molecule has 2 rings (SSSR count). The number of nitro benzene ring substituents is 1. The fraction of sp³-hybridized carbons (Fsp3) is 0.316. The molecule has 0 aliphatic carbocycles. The fourth-order valence-electron chi connectivity index (χ4n) is 2.21. The van der Waals surface area contributed by atoms with E-state index in [1.54, 1.807) is 6.07 Å². The maximum Gasteiger partial charge on any atom is 0.273 e. The molecule has 1 N–H and O–H groups in total.